The number of amides is 2. The number of hydrogen-bond acceptors (Lipinski definition) is 6. The third kappa shape index (κ3) is 6.47. The van der Waals surface area contributed by atoms with E-state index in [0.717, 1.165) is 0 Å². The fourth-order valence-corrected chi connectivity index (χ4v) is 3.39. The summed E-state index contributed by atoms with van der Waals surface area (Å²) < 4.78 is 40.4. The number of aryl methyl sites for hydroxylation is 1. The Kier molecular flexibility index (Phi) is 7.77. The highest BCUT2D eigenvalue weighted by Crippen LogP contribution is 2.26. The first-order valence-electron chi connectivity index (χ1n) is 11.1. The van der Waals surface area contributed by atoms with Gasteiger partial charge in [0.25, 0.3) is 5.91 Å². The van der Waals surface area contributed by atoms with E-state index < -0.39 is 47.9 Å². The number of nitrogens with one attached hydrogen (secondary N) is 2. The van der Waals surface area contributed by atoms with Crippen LogP contribution < -0.4 is 16.4 Å². The van der Waals surface area contributed by atoms with Gasteiger partial charge in [-0.1, -0.05) is 18.2 Å². The number of oxazole rings is 1. The van der Waals surface area contributed by atoms with Crippen molar-refractivity contribution in [2.24, 2.45) is 7.05 Å². The van der Waals surface area contributed by atoms with Gasteiger partial charge >= 0.3 is 11.8 Å². The average molecular weight is 501 g/mol. The lowest BCUT2D eigenvalue weighted by molar-refractivity contribution is -0.126. The number of carbonyl (C=O) groups is 2. The van der Waals surface area contributed by atoms with Gasteiger partial charge in [-0.05, 0) is 55.7 Å². The van der Waals surface area contributed by atoms with Crippen LogP contribution in [0.15, 0.2) is 45.6 Å². The number of benzene rings is 2. The van der Waals surface area contributed by atoms with Crippen LogP contribution in [0.4, 0.5) is 13.6 Å². The maximum absolute atomic E-state index is 14.8. The lowest BCUT2D eigenvalue weighted by Gasteiger charge is -2.20. The van der Waals surface area contributed by atoms with Crippen LogP contribution in [0.25, 0.3) is 22.2 Å². The molecule has 0 saturated carbocycles. The zero-order chi connectivity index (χ0) is 26.6. The zero-order valence-electron chi connectivity index (χ0n) is 20.2. The Hall–Kier alpha value is -4.20. The topological polar surface area (TPSA) is 126 Å². The highest BCUT2D eigenvalue weighted by molar-refractivity contribution is 5.82. The van der Waals surface area contributed by atoms with E-state index in [1.807, 2.05) is 6.07 Å². The van der Waals surface area contributed by atoms with E-state index in [9.17, 15) is 28.4 Å². The molecule has 0 radical (unpaired) electrons. The van der Waals surface area contributed by atoms with Gasteiger partial charge in [0, 0.05) is 13.5 Å². The van der Waals surface area contributed by atoms with E-state index >= 15 is 0 Å². The molecular weight excluding hydrogens is 474 g/mol. The Morgan fingerprint density at radius 3 is 2.50 bits per heavy atom. The summed E-state index contributed by atoms with van der Waals surface area (Å²) in [5.41, 5.74) is 1.49. The highest BCUT2D eigenvalue weighted by Gasteiger charge is 2.24. The number of rotatable bonds is 7. The summed E-state index contributed by atoms with van der Waals surface area (Å²) in [7, 11) is 1.56. The first-order chi connectivity index (χ1) is 16.9. The van der Waals surface area contributed by atoms with E-state index in [4.69, 9.17) is 9.15 Å². The van der Waals surface area contributed by atoms with Gasteiger partial charge in [0.15, 0.2) is 11.8 Å². The molecule has 0 unspecified atom stereocenters. The van der Waals surface area contributed by atoms with Crippen LogP contribution in [0.2, 0.25) is 0 Å². The predicted molar refractivity (Wildman–Crippen MR) is 127 cm³/mol. The number of alkyl carbamates (subject to hydrolysis) is 1. The summed E-state index contributed by atoms with van der Waals surface area (Å²) in [5, 5.41) is 13.7. The van der Waals surface area contributed by atoms with Crippen molar-refractivity contribution in [2.45, 2.75) is 45.0 Å². The maximum atomic E-state index is 14.8. The molecule has 0 aliphatic rings. The summed E-state index contributed by atoms with van der Waals surface area (Å²) in [6.45, 7) is 4.26. The highest BCUT2D eigenvalue weighted by atomic mass is 19.1. The molecule has 190 valence electrons. The minimum atomic E-state index is -2.13. The van der Waals surface area contributed by atoms with Gasteiger partial charge in [0.05, 0.1) is 18.1 Å². The second-order valence-corrected chi connectivity index (χ2v) is 9.16. The van der Waals surface area contributed by atoms with Crippen LogP contribution in [-0.2, 0) is 23.0 Å². The molecule has 0 fully saturated rings. The fraction of sp³-hybridized carbons (Fsp3) is 0.360. The van der Waals surface area contributed by atoms with Crippen molar-refractivity contribution in [1.29, 1.82) is 5.26 Å². The Balaban J connectivity index is 1.64. The molecule has 0 aliphatic carbocycles. The van der Waals surface area contributed by atoms with Crippen molar-refractivity contribution >= 4 is 23.1 Å². The predicted octanol–water partition coefficient (Wildman–Crippen LogP) is 3.35. The second-order valence-electron chi connectivity index (χ2n) is 9.16. The van der Waals surface area contributed by atoms with Crippen molar-refractivity contribution in [3.63, 3.8) is 0 Å². The monoisotopic (exact) mass is 500 g/mol. The van der Waals surface area contributed by atoms with Gasteiger partial charge in [-0.25, -0.2) is 18.4 Å². The molecule has 36 heavy (non-hydrogen) atoms. The Labute approximate surface area is 205 Å². The van der Waals surface area contributed by atoms with Crippen LogP contribution in [0, 0.1) is 17.1 Å². The SMILES string of the molecule is Cn1c(=O)oc2ccc(-c3ccc(C[C@@H](C#N)NC(=O)[C@@H](F)CNC(=O)OC(C)(C)C)c(F)c3)cc21. The molecule has 3 aromatic rings. The zero-order valence-corrected chi connectivity index (χ0v) is 20.2. The molecule has 0 saturated heterocycles. The summed E-state index contributed by atoms with van der Waals surface area (Å²) in [5.74, 6) is -2.25. The third-order valence-electron chi connectivity index (χ3n) is 5.18. The van der Waals surface area contributed by atoms with Crippen LogP contribution >= 0.6 is 0 Å². The van der Waals surface area contributed by atoms with E-state index in [0.29, 0.717) is 22.2 Å². The number of ether oxygens (including phenoxy) is 1. The minimum Gasteiger partial charge on any atom is -0.444 e. The molecule has 0 bridgehead atoms. The quantitative estimate of drug-likeness (QED) is 0.512. The fourth-order valence-electron chi connectivity index (χ4n) is 3.39. The van der Waals surface area contributed by atoms with Crippen molar-refractivity contribution in [1.82, 2.24) is 15.2 Å². The molecule has 9 nitrogen and oxygen atoms in total. The molecule has 1 heterocycles. The Morgan fingerprint density at radius 2 is 1.86 bits per heavy atom. The molecule has 2 amide bonds. The van der Waals surface area contributed by atoms with Gasteiger partial charge < -0.3 is 19.8 Å². The lowest BCUT2D eigenvalue weighted by atomic mass is 10.00. The molecule has 2 N–H and O–H groups in total. The van der Waals surface area contributed by atoms with Crippen LogP contribution in [0.5, 0.6) is 0 Å². The normalized spacial score (nSPS) is 13.0. The maximum Gasteiger partial charge on any atom is 0.419 e. The number of aromatic nitrogens is 1. The Morgan fingerprint density at radius 1 is 1.19 bits per heavy atom. The first-order valence-corrected chi connectivity index (χ1v) is 11.1. The van der Waals surface area contributed by atoms with Gasteiger partial charge in [-0.2, -0.15) is 5.26 Å². The van der Waals surface area contributed by atoms with Gasteiger partial charge in [-0.3, -0.25) is 9.36 Å². The van der Waals surface area contributed by atoms with Crippen LogP contribution in [-0.4, -0.2) is 40.9 Å². The van der Waals surface area contributed by atoms with Crippen molar-refractivity contribution in [3.05, 3.63) is 58.3 Å². The molecular formula is C25H26F2N4O5. The number of nitrogens with zero attached hydrogens (tertiary/aromatic N) is 2. The lowest BCUT2D eigenvalue weighted by Crippen LogP contribution is -2.45. The summed E-state index contributed by atoms with van der Waals surface area (Å²) in [4.78, 5) is 35.4. The molecule has 2 aromatic carbocycles. The average Bonchev–Trinajstić information content (AvgIpc) is 3.09. The Bertz CT molecular complexity index is 1380. The van der Waals surface area contributed by atoms with Gasteiger partial charge in [0.2, 0.25) is 0 Å². The van der Waals surface area contributed by atoms with Crippen molar-refractivity contribution in [3.8, 4) is 17.2 Å². The summed E-state index contributed by atoms with van der Waals surface area (Å²) >= 11 is 0. The number of alkyl halides is 1. The molecule has 0 spiro atoms. The smallest absolute Gasteiger partial charge is 0.419 e. The van der Waals surface area contributed by atoms with Crippen LogP contribution in [0.1, 0.15) is 26.3 Å². The number of nitriles is 1. The van der Waals surface area contributed by atoms with Crippen molar-refractivity contribution < 1.29 is 27.5 Å². The summed E-state index contributed by atoms with van der Waals surface area (Å²) in [6, 6.07) is 9.99. The molecule has 3 rings (SSSR count). The number of fused-ring (bicyclic) bond motifs is 1. The molecule has 2 atom stereocenters. The summed E-state index contributed by atoms with van der Waals surface area (Å²) in [6.07, 6.45) is -3.21. The van der Waals surface area contributed by atoms with E-state index in [1.165, 1.54) is 16.7 Å². The van der Waals surface area contributed by atoms with E-state index in [2.05, 4.69) is 10.6 Å². The molecule has 1 aromatic heterocycles. The largest absolute Gasteiger partial charge is 0.444 e. The molecule has 0 aliphatic heterocycles. The molecule has 11 heteroatoms. The van der Waals surface area contributed by atoms with E-state index in [-0.39, 0.29) is 12.0 Å². The van der Waals surface area contributed by atoms with Crippen LogP contribution in [0.3, 0.4) is 0 Å². The van der Waals surface area contributed by atoms with Gasteiger partial charge in [0.1, 0.15) is 17.5 Å². The number of carbonyl (C=O) groups excluding carboxylic acids is 2. The third-order valence-corrected chi connectivity index (χ3v) is 5.18. The first kappa shape index (κ1) is 26.4. The number of halogens is 2. The standard InChI is InChI=1S/C25H26F2N4O5/c1-25(2,3)36-23(33)29-13-19(27)22(32)30-17(12-28)9-16-6-5-14(10-18(16)26)15-7-8-21-20(11-15)31(4)24(34)35-21/h5-8,10-11,17,19H,9,13H2,1-4H3,(H,29,33)(H,30,32)/t17-,19-/m0/s1. The van der Waals surface area contributed by atoms with Crippen molar-refractivity contribution in [2.75, 3.05) is 6.54 Å². The number of hydrogen-bond donors (Lipinski definition) is 2. The van der Waals surface area contributed by atoms with E-state index in [1.54, 1.807) is 52.1 Å². The van der Waals surface area contributed by atoms with Gasteiger partial charge in [-0.15, -0.1) is 0 Å². The minimum absolute atomic E-state index is 0.143. The second kappa shape index (κ2) is 10.6.